The predicted octanol–water partition coefficient (Wildman–Crippen LogP) is 15.2. The van der Waals surface area contributed by atoms with E-state index < -0.39 is 24.3 Å². The molecule has 0 aliphatic heterocycles. The minimum Gasteiger partial charge on any atom is -0.477 e. The van der Waals surface area contributed by atoms with E-state index in [0.29, 0.717) is 17.4 Å². The second-order valence-electron chi connectivity index (χ2n) is 18.8. The highest BCUT2D eigenvalue weighted by Gasteiger charge is 2.25. The van der Waals surface area contributed by atoms with Gasteiger partial charge in [-0.15, -0.1) is 0 Å². The molecule has 67 heavy (non-hydrogen) atoms. The van der Waals surface area contributed by atoms with Crippen molar-refractivity contribution < 1.29 is 42.9 Å². The maximum atomic E-state index is 12.8. The van der Waals surface area contributed by atoms with E-state index in [4.69, 9.17) is 18.9 Å². The highest BCUT2D eigenvalue weighted by atomic mass is 16.7. The van der Waals surface area contributed by atoms with Crippen LogP contribution in [0.25, 0.3) is 0 Å². The Morgan fingerprint density at radius 2 is 0.851 bits per heavy atom. The second kappa shape index (κ2) is 48.9. The van der Waals surface area contributed by atoms with Gasteiger partial charge in [0.1, 0.15) is 13.2 Å². The molecule has 9 nitrogen and oxygen atoms in total. The lowest BCUT2D eigenvalue weighted by atomic mass is 10.0. The summed E-state index contributed by atoms with van der Waals surface area (Å²) in [7, 11) is 5.95. The molecule has 0 aromatic rings. The number of carboxylic acid groups (broad SMARTS) is 1. The molecule has 2 unspecified atom stereocenters. The lowest BCUT2D eigenvalue weighted by Crippen LogP contribution is -2.40. The van der Waals surface area contributed by atoms with Crippen molar-refractivity contribution in [3.63, 3.8) is 0 Å². The third-order valence-corrected chi connectivity index (χ3v) is 11.2. The fourth-order valence-electron chi connectivity index (χ4n) is 7.05. The first kappa shape index (κ1) is 63.5. The molecule has 1 N–H and O–H groups in total. The summed E-state index contributed by atoms with van der Waals surface area (Å²) in [5, 5.41) is 9.63. The average molecular weight is 939 g/mol. The molecule has 0 spiro atoms. The van der Waals surface area contributed by atoms with Crippen LogP contribution in [0, 0.1) is 0 Å². The van der Waals surface area contributed by atoms with Crippen molar-refractivity contribution in [3.8, 4) is 0 Å². The Labute approximate surface area is 410 Å². The van der Waals surface area contributed by atoms with Gasteiger partial charge in [-0.1, -0.05) is 208 Å². The van der Waals surface area contributed by atoms with Crippen LogP contribution in [-0.4, -0.2) is 87.4 Å². The van der Waals surface area contributed by atoms with Gasteiger partial charge in [-0.3, -0.25) is 9.59 Å². The SMILES string of the molecule is CC/C=C\C/C=C\C/C=C\C/C=C\C/C=C\C/C=C\C/C=C\CCCCCCCCCCCCCCCC(=O)OC(COC(=O)CCCCCCCCC)COC(OCC[N+](C)(C)C)C(=O)O. The molecular formula is C58H100NO8+. The van der Waals surface area contributed by atoms with Gasteiger partial charge in [0.25, 0.3) is 6.29 Å². The van der Waals surface area contributed by atoms with Gasteiger partial charge in [-0.05, 0) is 70.6 Å². The molecule has 0 saturated heterocycles. The summed E-state index contributed by atoms with van der Waals surface area (Å²) < 4.78 is 22.7. The first-order valence-corrected chi connectivity index (χ1v) is 26.8. The number of carbonyl (C=O) groups is 3. The molecule has 0 aliphatic carbocycles. The third-order valence-electron chi connectivity index (χ3n) is 11.2. The molecule has 0 bridgehead atoms. The topological polar surface area (TPSA) is 108 Å². The number of ether oxygens (including phenoxy) is 4. The number of quaternary nitrogens is 1. The molecule has 0 amide bonds. The number of unbranched alkanes of at least 4 members (excludes halogenated alkanes) is 19. The summed E-state index contributed by atoms with van der Waals surface area (Å²) >= 11 is 0. The average Bonchev–Trinajstić information content (AvgIpc) is 3.29. The Balaban J connectivity index is 4.04. The Hall–Kier alpha value is -3.53. The number of esters is 2. The van der Waals surface area contributed by atoms with Gasteiger partial charge >= 0.3 is 17.9 Å². The second-order valence-corrected chi connectivity index (χ2v) is 18.8. The van der Waals surface area contributed by atoms with Gasteiger partial charge in [0.05, 0.1) is 34.4 Å². The molecule has 9 heteroatoms. The largest absolute Gasteiger partial charge is 0.477 e. The number of aliphatic carboxylic acids is 1. The lowest BCUT2D eigenvalue weighted by molar-refractivity contribution is -0.870. The van der Waals surface area contributed by atoms with E-state index in [1.807, 2.05) is 21.1 Å². The molecule has 0 fully saturated rings. The van der Waals surface area contributed by atoms with E-state index in [1.54, 1.807) is 0 Å². The van der Waals surface area contributed by atoms with Crippen LogP contribution in [0.15, 0.2) is 85.1 Å². The van der Waals surface area contributed by atoms with E-state index in [2.05, 4.69) is 98.9 Å². The molecular weight excluding hydrogens is 839 g/mol. The highest BCUT2D eigenvalue weighted by molar-refractivity contribution is 5.71. The minimum absolute atomic E-state index is 0.184. The summed E-state index contributed by atoms with van der Waals surface area (Å²) in [5.41, 5.74) is 0. The summed E-state index contributed by atoms with van der Waals surface area (Å²) in [6.07, 6.45) is 61.2. The van der Waals surface area contributed by atoms with Crippen molar-refractivity contribution >= 4 is 17.9 Å². The van der Waals surface area contributed by atoms with E-state index >= 15 is 0 Å². The first-order chi connectivity index (χ1) is 32.6. The van der Waals surface area contributed by atoms with Gasteiger partial charge < -0.3 is 28.5 Å². The van der Waals surface area contributed by atoms with Crippen LogP contribution >= 0.6 is 0 Å². The Morgan fingerprint density at radius 1 is 0.463 bits per heavy atom. The van der Waals surface area contributed by atoms with E-state index in [-0.39, 0.29) is 32.2 Å². The molecule has 0 radical (unpaired) electrons. The summed E-state index contributed by atoms with van der Waals surface area (Å²) in [6, 6.07) is 0. The molecule has 2 atom stereocenters. The molecule has 0 rings (SSSR count). The van der Waals surface area contributed by atoms with E-state index in [1.165, 1.54) is 96.3 Å². The molecule has 0 aromatic heterocycles. The predicted molar refractivity (Wildman–Crippen MR) is 281 cm³/mol. The quantitative estimate of drug-likeness (QED) is 0.0211. The van der Waals surface area contributed by atoms with Crippen molar-refractivity contribution in [2.75, 3.05) is 47.5 Å². The Bertz CT molecular complexity index is 1370. The van der Waals surface area contributed by atoms with Crippen LogP contribution in [-0.2, 0) is 33.3 Å². The van der Waals surface area contributed by atoms with Crippen LogP contribution in [0.1, 0.15) is 206 Å². The van der Waals surface area contributed by atoms with Gasteiger partial charge in [0.2, 0.25) is 0 Å². The van der Waals surface area contributed by atoms with Crippen molar-refractivity contribution in [2.45, 2.75) is 219 Å². The van der Waals surface area contributed by atoms with E-state index in [9.17, 15) is 19.5 Å². The van der Waals surface area contributed by atoms with Crippen LogP contribution in [0.3, 0.4) is 0 Å². The fourth-order valence-corrected chi connectivity index (χ4v) is 7.05. The maximum Gasteiger partial charge on any atom is 0.361 e. The summed E-state index contributed by atoms with van der Waals surface area (Å²) in [4.78, 5) is 37.0. The van der Waals surface area contributed by atoms with Gasteiger partial charge in [0.15, 0.2) is 6.10 Å². The fraction of sp³-hybridized carbons (Fsp3) is 0.707. The van der Waals surface area contributed by atoms with E-state index in [0.717, 1.165) is 83.5 Å². The lowest BCUT2D eigenvalue weighted by Gasteiger charge is -2.25. The van der Waals surface area contributed by atoms with Gasteiger partial charge in [0, 0.05) is 12.8 Å². The zero-order chi connectivity index (χ0) is 49.2. The summed E-state index contributed by atoms with van der Waals surface area (Å²) in [6.45, 7) is 4.70. The normalized spacial score (nSPS) is 13.5. The van der Waals surface area contributed by atoms with Crippen molar-refractivity contribution in [3.05, 3.63) is 85.1 Å². The zero-order valence-electron chi connectivity index (χ0n) is 43.5. The Morgan fingerprint density at radius 3 is 1.27 bits per heavy atom. The van der Waals surface area contributed by atoms with Crippen molar-refractivity contribution in [1.29, 1.82) is 0 Å². The third kappa shape index (κ3) is 50.2. The van der Waals surface area contributed by atoms with Crippen LogP contribution in [0.2, 0.25) is 0 Å². The van der Waals surface area contributed by atoms with Crippen LogP contribution in [0.5, 0.6) is 0 Å². The summed E-state index contributed by atoms with van der Waals surface area (Å²) in [5.74, 6) is -2.02. The molecule has 0 saturated carbocycles. The highest BCUT2D eigenvalue weighted by Crippen LogP contribution is 2.15. The molecule has 384 valence electrons. The van der Waals surface area contributed by atoms with Crippen molar-refractivity contribution in [1.82, 2.24) is 0 Å². The number of likely N-dealkylation sites (N-methyl/N-ethyl adjacent to an activating group) is 1. The number of rotatable bonds is 48. The Kier molecular flexibility index (Phi) is 46.3. The number of allylic oxidation sites excluding steroid dienone is 14. The first-order valence-electron chi connectivity index (χ1n) is 26.8. The van der Waals surface area contributed by atoms with Crippen molar-refractivity contribution in [2.24, 2.45) is 0 Å². The number of hydrogen-bond donors (Lipinski definition) is 1. The van der Waals surface area contributed by atoms with Gasteiger partial charge in [-0.2, -0.15) is 0 Å². The molecule has 0 aliphatic rings. The molecule has 0 aromatic carbocycles. The number of nitrogens with zero attached hydrogens (tertiary/aromatic N) is 1. The van der Waals surface area contributed by atoms with Crippen LogP contribution in [0.4, 0.5) is 0 Å². The monoisotopic (exact) mass is 939 g/mol. The maximum absolute atomic E-state index is 12.8. The minimum atomic E-state index is -1.51. The zero-order valence-corrected chi connectivity index (χ0v) is 43.5. The number of carbonyl (C=O) groups excluding carboxylic acids is 2. The smallest absolute Gasteiger partial charge is 0.361 e. The van der Waals surface area contributed by atoms with Gasteiger partial charge in [-0.25, -0.2) is 4.79 Å². The molecule has 0 heterocycles. The standard InChI is InChI=1S/C58H99NO8/c1-6-8-10-12-14-15-16-17-18-19-20-21-22-23-24-25-26-27-28-29-30-31-32-33-34-35-36-37-38-39-40-41-43-45-47-49-56(61)67-54(52-65-55(60)48-46-44-42-13-11-9-7-2)53-66-58(57(62)63)64-51-50-59(3,4)5/h8,10,14-15,17-18,20-21,23-24,26-27,29-30,54,58H,6-7,9,11-13,16,19,22,25,28,31-53H2,1-5H3/p+1/b10-8-,15-14-,18-17-,21-20-,24-23-,27-26-,30-29-. The van der Waals surface area contributed by atoms with Crippen LogP contribution < -0.4 is 0 Å². The number of hydrogen-bond acceptors (Lipinski definition) is 7. The number of carboxylic acids is 1.